The Morgan fingerprint density at radius 3 is 2.86 bits per heavy atom. The van der Waals surface area contributed by atoms with Crippen molar-refractivity contribution in [3.63, 3.8) is 0 Å². The highest BCUT2D eigenvalue weighted by Crippen LogP contribution is 2.46. The molecule has 1 aromatic heterocycles. The first-order valence-corrected chi connectivity index (χ1v) is 10.8. The molecule has 0 amide bonds. The van der Waals surface area contributed by atoms with Gasteiger partial charge in [-0.15, -0.1) is 0 Å². The SMILES string of the molecule is CCNCC1CN(c2ncnc3c2C(C)CC3)c2cccc(CNC(C)C)c21. The van der Waals surface area contributed by atoms with Crippen molar-refractivity contribution in [1.82, 2.24) is 20.6 Å². The number of anilines is 2. The van der Waals surface area contributed by atoms with Crippen molar-refractivity contribution in [1.29, 1.82) is 0 Å². The van der Waals surface area contributed by atoms with Gasteiger partial charge in [-0.25, -0.2) is 9.97 Å². The number of likely N-dealkylation sites (N-methyl/N-ethyl adjacent to an activating group) is 1. The summed E-state index contributed by atoms with van der Waals surface area (Å²) in [6.45, 7) is 12.8. The molecule has 2 aromatic rings. The van der Waals surface area contributed by atoms with E-state index in [4.69, 9.17) is 4.98 Å². The van der Waals surface area contributed by atoms with E-state index in [-0.39, 0.29) is 0 Å². The summed E-state index contributed by atoms with van der Waals surface area (Å²) >= 11 is 0. The lowest BCUT2D eigenvalue weighted by molar-refractivity contribution is 0.577. The van der Waals surface area contributed by atoms with Crippen molar-refractivity contribution in [3.05, 3.63) is 46.9 Å². The Balaban J connectivity index is 1.75. The Kier molecular flexibility index (Phi) is 5.65. The van der Waals surface area contributed by atoms with Crippen molar-refractivity contribution in [2.75, 3.05) is 24.5 Å². The normalized spacial score (nSPS) is 20.7. The Morgan fingerprint density at radius 1 is 1.21 bits per heavy atom. The van der Waals surface area contributed by atoms with Crippen molar-refractivity contribution in [3.8, 4) is 0 Å². The molecule has 150 valence electrons. The number of hydrogen-bond donors (Lipinski definition) is 2. The van der Waals surface area contributed by atoms with Crippen LogP contribution >= 0.6 is 0 Å². The van der Waals surface area contributed by atoms with Crippen molar-refractivity contribution in [2.45, 2.75) is 65.0 Å². The third-order valence-electron chi connectivity index (χ3n) is 6.12. The minimum absolute atomic E-state index is 0.474. The second-order valence-corrected chi connectivity index (χ2v) is 8.50. The molecular formula is C23H33N5. The summed E-state index contributed by atoms with van der Waals surface area (Å²) in [6, 6.07) is 7.23. The Hall–Kier alpha value is -1.98. The van der Waals surface area contributed by atoms with Crippen LogP contribution in [-0.4, -0.2) is 35.6 Å². The third-order valence-corrected chi connectivity index (χ3v) is 6.12. The van der Waals surface area contributed by atoms with E-state index in [1.54, 1.807) is 6.33 Å². The topological polar surface area (TPSA) is 53.1 Å². The van der Waals surface area contributed by atoms with E-state index in [2.05, 4.69) is 66.4 Å². The number of benzene rings is 1. The second-order valence-electron chi connectivity index (χ2n) is 8.50. The van der Waals surface area contributed by atoms with Crippen LogP contribution in [0.3, 0.4) is 0 Å². The fourth-order valence-electron chi connectivity index (χ4n) is 4.71. The largest absolute Gasteiger partial charge is 0.325 e. The molecule has 1 aliphatic carbocycles. The molecule has 2 N–H and O–H groups in total. The van der Waals surface area contributed by atoms with Gasteiger partial charge in [0.1, 0.15) is 12.1 Å². The molecule has 2 aliphatic rings. The van der Waals surface area contributed by atoms with Crippen LogP contribution in [0.15, 0.2) is 24.5 Å². The highest BCUT2D eigenvalue weighted by molar-refractivity contribution is 5.73. The van der Waals surface area contributed by atoms with Crippen LogP contribution in [0.4, 0.5) is 11.5 Å². The molecule has 0 saturated heterocycles. The zero-order chi connectivity index (χ0) is 19.7. The first-order valence-electron chi connectivity index (χ1n) is 10.8. The maximum absolute atomic E-state index is 4.78. The van der Waals surface area contributed by atoms with Gasteiger partial charge in [-0.2, -0.15) is 0 Å². The second kappa shape index (κ2) is 8.18. The molecule has 2 atom stereocenters. The molecule has 0 radical (unpaired) electrons. The van der Waals surface area contributed by atoms with Gasteiger partial charge < -0.3 is 15.5 Å². The van der Waals surface area contributed by atoms with Crippen LogP contribution in [0.25, 0.3) is 0 Å². The molecule has 2 unspecified atom stereocenters. The van der Waals surface area contributed by atoms with Gasteiger partial charge in [-0.3, -0.25) is 0 Å². The lowest BCUT2D eigenvalue weighted by atomic mass is 9.95. The van der Waals surface area contributed by atoms with Crippen LogP contribution in [0.5, 0.6) is 0 Å². The third kappa shape index (κ3) is 3.53. The van der Waals surface area contributed by atoms with E-state index < -0.39 is 0 Å². The quantitative estimate of drug-likeness (QED) is 0.765. The zero-order valence-corrected chi connectivity index (χ0v) is 17.6. The average Bonchev–Trinajstić information content (AvgIpc) is 3.26. The summed E-state index contributed by atoms with van der Waals surface area (Å²) in [6.07, 6.45) is 4.01. The molecule has 0 bridgehead atoms. The van der Waals surface area contributed by atoms with E-state index in [1.165, 1.54) is 34.5 Å². The maximum atomic E-state index is 4.78. The molecule has 5 nitrogen and oxygen atoms in total. The van der Waals surface area contributed by atoms with Gasteiger partial charge in [0.2, 0.25) is 0 Å². The van der Waals surface area contributed by atoms with Crippen molar-refractivity contribution >= 4 is 11.5 Å². The van der Waals surface area contributed by atoms with Crippen LogP contribution in [-0.2, 0) is 13.0 Å². The highest BCUT2D eigenvalue weighted by atomic mass is 15.2. The lowest BCUT2D eigenvalue weighted by Crippen LogP contribution is -2.27. The number of aromatic nitrogens is 2. The number of rotatable bonds is 7. The fourth-order valence-corrected chi connectivity index (χ4v) is 4.71. The summed E-state index contributed by atoms with van der Waals surface area (Å²) in [7, 11) is 0. The summed E-state index contributed by atoms with van der Waals surface area (Å²) in [5.41, 5.74) is 6.82. The van der Waals surface area contributed by atoms with Gasteiger partial charge in [-0.05, 0) is 42.5 Å². The molecular weight excluding hydrogens is 346 g/mol. The number of aryl methyl sites for hydroxylation is 1. The average molecular weight is 380 g/mol. The number of fused-ring (bicyclic) bond motifs is 2. The van der Waals surface area contributed by atoms with Gasteiger partial charge in [-0.1, -0.05) is 39.8 Å². The first-order chi connectivity index (χ1) is 13.6. The van der Waals surface area contributed by atoms with E-state index in [9.17, 15) is 0 Å². The van der Waals surface area contributed by atoms with Crippen LogP contribution in [0.1, 0.15) is 68.3 Å². The van der Waals surface area contributed by atoms with Crippen LogP contribution in [0, 0.1) is 0 Å². The van der Waals surface area contributed by atoms with Gasteiger partial charge in [0, 0.05) is 48.5 Å². The van der Waals surface area contributed by atoms with Gasteiger partial charge >= 0.3 is 0 Å². The smallest absolute Gasteiger partial charge is 0.140 e. The number of nitrogens with one attached hydrogen (secondary N) is 2. The minimum atomic E-state index is 0.474. The van der Waals surface area contributed by atoms with Crippen LogP contribution < -0.4 is 15.5 Å². The first kappa shape index (κ1) is 19.3. The molecule has 0 fully saturated rings. The van der Waals surface area contributed by atoms with E-state index >= 15 is 0 Å². The molecule has 2 heterocycles. The summed E-state index contributed by atoms with van der Waals surface area (Å²) < 4.78 is 0. The van der Waals surface area contributed by atoms with Crippen molar-refractivity contribution < 1.29 is 0 Å². The Morgan fingerprint density at radius 2 is 2.07 bits per heavy atom. The zero-order valence-electron chi connectivity index (χ0n) is 17.6. The molecule has 0 spiro atoms. The molecule has 28 heavy (non-hydrogen) atoms. The predicted octanol–water partition coefficient (Wildman–Crippen LogP) is 3.87. The minimum Gasteiger partial charge on any atom is -0.325 e. The predicted molar refractivity (Wildman–Crippen MR) is 115 cm³/mol. The lowest BCUT2D eigenvalue weighted by Gasteiger charge is -2.23. The van der Waals surface area contributed by atoms with Gasteiger partial charge in [0.25, 0.3) is 0 Å². The number of hydrogen-bond acceptors (Lipinski definition) is 5. The van der Waals surface area contributed by atoms with Crippen molar-refractivity contribution in [2.24, 2.45) is 0 Å². The molecule has 4 rings (SSSR count). The monoisotopic (exact) mass is 379 g/mol. The maximum Gasteiger partial charge on any atom is 0.140 e. The highest BCUT2D eigenvalue weighted by Gasteiger charge is 2.35. The van der Waals surface area contributed by atoms with E-state index in [0.29, 0.717) is 17.9 Å². The summed E-state index contributed by atoms with van der Waals surface area (Å²) in [5, 5.41) is 7.18. The molecule has 0 saturated carbocycles. The van der Waals surface area contributed by atoms with Gasteiger partial charge in [0.15, 0.2) is 0 Å². The van der Waals surface area contributed by atoms with E-state index in [1.807, 2.05) is 0 Å². The van der Waals surface area contributed by atoms with E-state index in [0.717, 1.165) is 38.4 Å². The molecule has 1 aromatic carbocycles. The molecule has 5 heteroatoms. The van der Waals surface area contributed by atoms with Crippen LogP contribution in [0.2, 0.25) is 0 Å². The fraction of sp³-hybridized carbons (Fsp3) is 0.565. The molecule has 1 aliphatic heterocycles. The Labute approximate surface area is 169 Å². The van der Waals surface area contributed by atoms with Gasteiger partial charge in [0.05, 0.1) is 0 Å². The summed E-state index contributed by atoms with van der Waals surface area (Å²) in [5.74, 6) is 2.14. The number of nitrogens with zero attached hydrogens (tertiary/aromatic N) is 3. The Bertz CT molecular complexity index is 832. The summed E-state index contributed by atoms with van der Waals surface area (Å²) in [4.78, 5) is 11.8. The standard InChI is InChI=1S/C23H33N5/c1-5-24-11-18-13-28(23-21-16(4)9-10-19(21)26-14-27-23)20-8-6-7-17(22(18)20)12-25-15(2)3/h6-8,14-16,18,24-25H,5,9-13H2,1-4H3.